The van der Waals surface area contributed by atoms with E-state index < -0.39 is 17.6 Å². The average Bonchev–Trinajstić information content (AvgIpc) is 2.66. The van der Waals surface area contributed by atoms with Crippen LogP contribution in [0.2, 0.25) is 0 Å². The van der Waals surface area contributed by atoms with Crippen LogP contribution in [0.4, 0.5) is 0 Å². The van der Waals surface area contributed by atoms with Gasteiger partial charge in [0, 0.05) is 0 Å². The Morgan fingerprint density at radius 2 is 1.59 bits per heavy atom. The van der Waals surface area contributed by atoms with Gasteiger partial charge in [0.1, 0.15) is 18.0 Å². The number of esters is 1. The minimum Gasteiger partial charge on any atom is -0.489 e. The van der Waals surface area contributed by atoms with E-state index in [4.69, 9.17) is 9.47 Å². The molecule has 0 amide bonds. The van der Waals surface area contributed by atoms with E-state index in [-0.39, 0.29) is 11.9 Å². The molecule has 0 spiro atoms. The Morgan fingerprint density at radius 1 is 0.966 bits per heavy atom. The first-order valence-electron chi connectivity index (χ1n) is 10.3. The van der Waals surface area contributed by atoms with Crippen molar-refractivity contribution in [3.8, 4) is 5.75 Å². The third kappa shape index (κ3) is 7.90. The summed E-state index contributed by atoms with van der Waals surface area (Å²) in [5.41, 5.74) is 1.66. The Labute approximate surface area is 174 Å². The number of aryl methyl sites for hydroxylation is 1. The summed E-state index contributed by atoms with van der Waals surface area (Å²) in [5.74, 6) is -0.0745. The second-order valence-electron chi connectivity index (χ2n) is 8.83. The third-order valence-electron chi connectivity index (χ3n) is 4.72. The molecule has 4 nitrogen and oxygen atoms in total. The van der Waals surface area contributed by atoms with E-state index in [2.05, 4.69) is 0 Å². The molecule has 0 saturated carbocycles. The van der Waals surface area contributed by atoms with Gasteiger partial charge in [-0.25, -0.2) is 0 Å². The van der Waals surface area contributed by atoms with E-state index in [1.165, 1.54) is 0 Å². The first kappa shape index (κ1) is 23.0. The molecule has 2 atom stereocenters. The van der Waals surface area contributed by atoms with Gasteiger partial charge in [-0.3, -0.25) is 4.79 Å². The van der Waals surface area contributed by atoms with Crippen LogP contribution >= 0.6 is 0 Å². The second-order valence-corrected chi connectivity index (χ2v) is 8.83. The maximum Gasteiger partial charge on any atom is 0.312 e. The third-order valence-corrected chi connectivity index (χ3v) is 4.72. The zero-order chi connectivity index (χ0) is 21.4. The number of rotatable bonds is 9. The number of aliphatic hydroxyl groups excluding tert-OH is 1. The van der Waals surface area contributed by atoms with Crippen molar-refractivity contribution in [2.75, 3.05) is 0 Å². The fourth-order valence-corrected chi connectivity index (χ4v) is 3.09. The van der Waals surface area contributed by atoms with Crippen molar-refractivity contribution in [3.63, 3.8) is 0 Å². The molecule has 0 saturated heterocycles. The minimum atomic E-state index is -0.724. The molecule has 0 aliphatic heterocycles. The number of ether oxygens (including phenoxy) is 2. The van der Waals surface area contributed by atoms with Crippen LogP contribution in [0.1, 0.15) is 52.2 Å². The van der Waals surface area contributed by atoms with Crippen LogP contribution in [0.3, 0.4) is 0 Å². The average molecular weight is 399 g/mol. The molecule has 4 heteroatoms. The van der Waals surface area contributed by atoms with Gasteiger partial charge in [-0.05, 0) is 62.8 Å². The van der Waals surface area contributed by atoms with E-state index in [1.54, 1.807) is 0 Å². The zero-order valence-electron chi connectivity index (χ0n) is 18.2. The molecule has 0 heterocycles. The SMILES string of the molecule is CC(C)C(O)C(CCc1ccc(OCc2ccccc2)cc1)C(=O)OC(C)(C)C. The zero-order valence-corrected chi connectivity index (χ0v) is 18.2. The molecule has 0 aliphatic carbocycles. The van der Waals surface area contributed by atoms with E-state index in [0.29, 0.717) is 19.4 Å². The minimum absolute atomic E-state index is 0.0127. The maximum absolute atomic E-state index is 12.6. The maximum atomic E-state index is 12.6. The second kappa shape index (κ2) is 10.4. The van der Waals surface area contributed by atoms with Gasteiger partial charge < -0.3 is 14.6 Å². The van der Waals surface area contributed by atoms with Crippen LogP contribution in [-0.2, 0) is 22.6 Å². The first-order chi connectivity index (χ1) is 13.7. The van der Waals surface area contributed by atoms with Crippen molar-refractivity contribution in [2.24, 2.45) is 11.8 Å². The number of hydrogen-bond donors (Lipinski definition) is 1. The predicted octanol–water partition coefficient (Wildman–Crippen LogP) is 5.17. The van der Waals surface area contributed by atoms with Crippen LogP contribution < -0.4 is 4.74 Å². The van der Waals surface area contributed by atoms with Crippen molar-refractivity contribution in [1.29, 1.82) is 0 Å². The number of aliphatic hydroxyl groups is 1. The number of carbonyl (C=O) groups is 1. The smallest absolute Gasteiger partial charge is 0.312 e. The Kier molecular flexibility index (Phi) is 8.27. The fourth-order valence-electron chi connectivity index (χ4n) is 3.09. The van der Waals surface area contributed by atoms with Crippen molar-refractivity contribution in [2.45, 2.75) is 65.8 Å². The summed E-state index contributed by atoms with van der Waals surface area (Å²) in [4.78, 5) is 12.6. The molecule has 29 heavy (non-hydrogen) atoms. The highest BCUT2D eigenvalue weighted by Crippen LogP contribution is 2.24. The fraction of sp³-hybridized carbons (Fsp3) is 0.480. The lowest BCUT2D eigenvalue weighted by molar-refractivity contribution is -0.165. The highest BCUT2D eigenvalue weighted by Gasteiger charge is 2.32. The number of carbonyl (C=O) groups excluding carboxylic acids is 1. The van der Waals surface area contributed by atoms with Crippen LogP contribution in [0.15, 0.2) is 54.6 Å². The van der Waals surface area contributed by atoms with Crippen LogP contribution in [0, 0.1) is 11.8 Å². The molecule has 0 bridgehead atoms. The molecule has 2 rings (SSSR count). The molecule has 158 valence electrons. The Balaban J connectivity index is 1.94. The first-order valence-corrected chi connectivity index (χ1v) is 10.3. The van der Waals surface area contributed by atoms with Gasteiger partial charge in [-0.2, -0.15) is 0 Å². The Hall–Kier alpha value is -2.33. The molecule has 2 aromatic carbocycles. The molecule has 0 aromatic heterocycles. The van der Waals surface area contributed by atoms with Gasteiger partial charge in [-0.1, -0.05) is 56.3 Å². The summed E-state index contributed by atoms with van der Waals surface area (Å²) < 4.78 is 11.4. The lowest BCUT2D eigenvalue weighted by atomic mass is 9.88. The van der Waals surface area contributed by atoms with Crippen molar-refractivity contribution < 1.29 is 19.4 Å². The van der Waals surface area contributed by atoms with Gasteiger partial charge in [0.15, 0.2) is 0 Å². The summed E-state index contributed by atoms with van der Waals surface area (Å²) in [6.45, 7) is 9.90. The van der Waals surface area contributed by atoms with Crippen molar-refractivity contribution in [1.82, 2.24) is 0 Å². The molecule has 2 aromatic rings. The molecule has 0 aliphatic rings. The summed E-state index contributed by atoms with van der Waals surface area (Å²) in [6, 6.07) is 17.9. The molecule has 2 unspecified atom stereocenters. The van der Waals surface area contributed by atoms with Gasteiger partial charge >= 0.3 is 5.97 Å². The molecule has 1 N–H and O–H groups in total. The lowest BCUT2D eigenvalue weighted by Gasteiger charge is -2.28. The van der Waals surface area contributed by atoms with Gasteiger partial charge in [-0.15, -0.1) is 0 Å². The van der Waals surface area contributed by atoms with E-state index >= 15 is 0 Å². The van der Waals surface area contributed by atoms with Gasteiger partial charge in [0.2, 0.25) is 0 Å². The lowest BCUT2D eigenvalue weighted by Crippen LogP contribution is -2.37. The van der Waals surface area contributed by atoms with E-state index in [9.17, 15) is 9.90 Å². The molecular weight excluding hydrogens is 364 g/mol. The summed E-state index contributed by atoms with van der Waals surface area (Å²) in [6.07, 6.45) is 0.504. The van der Waals surface area contributed by atoms with Gasteiger partial charge in [0.05, 0.1) is 12.0 Å². The quantitative estimate of drug-likeness (QED) is 0.592. The van der Waals surface area contributed by atoms with Crippen LogP contribution in [0.5, 0.6) is 5.75 Å². The summed E-state index contributed by atoms with van der Waals surface area (Å²) in [7, 11) is 0. The Morgan fingerprint density at radius 3 is 2.14 bits per heavy atom. The molecule has 0 fully saturated rings. The monoisotopic (exact) mass is 398 g/mol. The van der Waals surface area contributed by atoms with Crippen molar-refractivity contribution in [3.05, 3.63) is 65.7 Å². The van der Waals surface area contributed by atoms with Crippen molar-refractivity contribution >= 4 is 5.97 Å². The Bertz CT molecular complexity index is 745. The predicted molar refractivity (Wildman–Crippen MR) is 116 cm³/mol. The number of benzene rings is 2. The van der Waals surface area contributed by atoms with Crippen LogP contribution in [0.25, 0.3) is 0 Å². The highest BCUT2D eigenvalue weighted by molar-refractivity contribution is 5.73. The standard InChI is InChI=1S/C25H34O4/c1-18(2)23(26)22(24(27)29-25(3,4)5)16-13-19-11-14-21(15-12-19)28-17-20-9-7-6-8-10-20/h6-12,14-15,18,22-23,26H,13,16-17H2,1-5H3. The molecule has 0 radical (unpaired) electrons. The largest absolute Gasteiger partial charge is 0.489 e. The van der Waals surface area contributed by atoms with E-state index in [1.807, 2.05) is 89.2 Å². The summed E-state index contributed by atoms with van der Waals surface area (Å²) >= 11 is 0. The van der Waals surface area contributed by atoms with Crippen LogP contribution in [-0.4, -0.2) is 22.8 Å². The van der Waals surface area contributed by atoms with Gasteiger partial charge in [0.25, 0.3) is 0 Å². The highest BCUT2D eigenvalue weighted by atomic mass is 16.6. The molecular formula is C25H34O4. The van der Waals surface area contributed by atoms with E-state index in [0.717, 1.165) is 16.9 Å². The normalized spacial score (nSPS) is 13.8. The number of hydrogen-bond acceptors (Lipinski definition) is 4. The topological polar surface area (TPSA) is 55.8 Å². The summed E-state index contributed by atoms with van der Waals surface area (Å²) in [5, 5.41) is 10.5.